The van der Waals surface area contributed by atoms with E-state index in [0.29, 0.717) is 0 Å². The van der Waals surface area contributed by atoms with Crippen molar-refractivity contribution in [2.75, 3.05) is 7.11 Å². The fourth-order valence-corrected chi connectivity index (χ4v) is 3.07. The largest absolute Gasteiger partial charge is 0.469 e. The van der Waals surface area contributed by atoms with Gasteiger partial charge in [0.2, 0.25) is 0 Å². The zero-order chi connectivity index (χ0) is 15.2. The van der Waals surface area contributed by atoms with E-state index in [1.165, 1.54) is 7.11 Å². The quantitative estimate of drug-likeness (QED) is 0.474. The van der Waals surface area contributed by atoms with Crippen molar-refractivity contribution >= 4 is 18.3 Å². The second kappa shape index (κ2) is 7.02. The molecule has 0 aliphatic heterocycles. The standard InChI is InChI=1S/C18H20O3/c1-3-14-11-15(10-9-13-7-5-4-6-8-13)17(16(14)12-19)18(20)21-2/h3-10,12,14-17H,1,11H2,2H3/b10-9+/t14-,15?,16?,17?/m0/s1. The Labute approximate surface area is 125 Å². The average molecular weight is 284 g/mol. The van der Waals surface area contributed by atoms with Crippen molar-refractivity contribution in [1.82, 2.24) is 0 Å². The van der Waals surface area contributed by atoms with Crippen molar-refractivity contribution in [2.24, 2.45) is 23.7 Å². The highest BCUT2D eigenvalue weighted by Gasteiger charge is 2.45. The maximum atomic E-state index is 12.0. The number of esters is 1. The van der Waals surface area contributed by atoms with Crippen LogP contribution in [0, 0.1) is 23.7 Å². The van der Waals surface area contributed by atoms with E-state index in [4.69, 9.17) is 4.74 Å². The number of carbonyl (C=O) groups excluding carboxylic acids is 2. The molecular formula is C18H20O3. The summed E-state index contributed by atoms with van der Waals surface area (Å²) in [5, 5.41) is 0. The van der Waals surface area contributed by atoms with Gasteiger partial charge < -0.3 is 9.53 Å². The molecule has 21 heavy (non-hydrogen) atoms. The van der Waals surface area contributed by atoms with Gasteiger partial charge in [-0.3, -0.25) is 4.79 Å². The van der Waals surface area contributed by atoms with Gasteiger partial charge in [-0.15, -0.1) is 6.58 Å². The second-order valence-corrected chi connectivity index (χ2v) is 5.33. The lowest BCUT2D eigenvalue weighted by atomic mass is 9.87. The molecule has 0 N–H and O–H groups in total. The van der Waals surface area contributed by atoms with Crippen LogP contribution >= 0.6 is 0 Å². The first-order valence-electron chi connectivity index (χ1n) is 7.10. The highest BCUT2D eigenvalue weighted by molar-refractivity contribution is 5.78. The molecule has 1 fully saturated rings. The van der Waals surface area contributed by atoms with Crippen LogP contribution in [0.15, 0.2) is 49.1 Å². The van der Waals surface area contributed by atoms with Crippen LogP contribution in [0.25, 0.3) is 6.08 Å². The first-order chi connectivity index (χ1) is 10.2. The fraction of sp³-hybridized carbons (Fsp3) is 0.333. The molecule has 1 aromatic rings. The van der Waals surface area contributed by atoms with Gasteiger partial charge in [0, 0.05) is 5.92 Å². The van der Waals surface area contributed by atoms with Crippen LogP contribution in [0.2, 0.25) is 0 Å². The Morgan fingerprint density at radius 1 is 1.29 bits per heavy atom. The summed E-state index contributed by atoms with van der Waals surface area (Å²) in [6.07, 6.45) is 7.39. The number of hydrogen-bond donors (Lipinski definition) is 0. The fourth-order valence-electron chi connectivity index (χ4n) is 3.07. The molecule has 1 saturated carbocycles. The summed E-state index contributed by atoms with van der Waals surface area (Å²) in [5.41, 5.74) is 1.07. The van der Waals surface area contributed by atoms with Crippen molar-refractivity contribution in [3.8, 4) is 0 Å². The maximum absolute atomic E-state index is 12.0. The van der Waals surface area contributed by atoms with Gasteiger partial charge in [0.05, 0.1) is 13.0 Å². The number of rotatable bonds is 5. The molecule has 3 nitrogen and oxygen atoms in total. The summed E-state index contributed by atoms with van der Waals surface area (Å²) in [5.74, 6) is -1.07. The Kier molecular flexibility index (Phi) is 5.09. The van der Waals surface area contributed by atoms with Gasteiger partial charge in [0.1, 0.15) is 6.29 Å². The van der Waals surface area contributed by atoms with E-state index in [1.807, 2.05) is 42.5 Å². The molecule has 0 bridgehead atoms. The van der Waals surface area contributed by atoms with Crippen LogP contribution in [0.4, 0.5) is 0 Å². The summed E-state index contributed by atoms with van der Waals surface area (Å²) in [6, 6.07) is 9.89. The molecule has 3 unspecified atom stereocenters. The molecule has 4 atom stereocenters. The van der Waals surface area contributed by atoms with Crippen molar-refractivity contribution in [3.05, 3.63) is 54.6 Å². The molecule has 1 aliphatic carbocycles. The summed E-state index contributed by atoms with van der Waals surface area (Å²) >= 11 is 0. The minimum Gasteiger partial charge on any atom is -0.469 e. The van der Waals surface area contributed by atoms with Gasteiger partial charge in [-0.25, -0.2) is 0 Å². The smallest absolute Gasteiger partial charge is 0.310 e. The van der Waals surface area contributed by atoms with Crippen molar-refractivity contribution in [2.45, 2.75) is 6.42 Å². The molecule has 0 saturated heterocycles. The van der Waals surface area contributed by atoms with E-state index in [9.17, 15) is 9.59 Å². The highest BCUT2D eigenvalue weighted by atomic mass is 16.5. The molecule has 0 spiro atoms. The topological polar surface area (TPSA) is 43.4 Å². The summed E-state index contributed by atoms with van der Waals surface area (Å²) < 4.78 is 4.88. The molecule has 0 aromatic heterocycles. The highest BCUT2D eigenvalue weighted by Crippen LogP contribution is 2.42. The molecule has 1 aromatic carbocycles. The van der Waals surface area contributed by atoms with Crippen molar-refractivity contribution in [3.63, 3.8) is 0 Å². The monoisotopic (exact) mass is 284 g/mol. The number of benzene rings is 1. The Morgan fingerprint density at radius 3 is 2.57 bits per heavy atom. The third kappa shape index (κ3) is 3.30. The van der Waals surface area contributed by atoms with E-state index in [-0.39, 0.29) is 23.7 Å². The van der Waals surface area contributed by atoms with Crippen LogP contribution in [0.5, 0.6) is 0 Å². The summed E-state index contributed by atoms with van der Waals surface area (Å²) in [7, 11) is 1.36. The molecule has 0 radical (unpaired) electrons. The number of allylic oxidation sites excluding steroid dienone is 2. The zero-order valence-electron chi connectivity index (χ0n) is 12.1. The predicted octanol–water partition coefficient (Wildman–Crippen LogP) is 3.13. The SMILES string of the molecule is C=C[C@H]1CC(/C=C/c2ccccc2)C(C(=O)OC)C1C=O. The lowest BCUT2D eigenvalue weighted by Gasteiger charge is -2.17. The molecule has 2 rings (SSSR count). The number of aldehydes is 1. The van der Waals surface area contributed by atoms with Gasteiger partial charge in [-0.1, -0.05) is 48.6 Å². The van der Waals surface area contributed by atoms with E-state index in [1.54, 1.807) is 6.08 Å². The molecule has 0 heterocycles. The van der Waals surface area contributed by atoms with Crippen LogP contribution in [-0.2, 0) is 14.3 Å². The summed E-state index contributed by atoms with van der Waals surface area (Å²) in [6.45, 7) is 3.78. The van der Waals surface area contributed by atoms with Gasteiger partial charge in [-0.2, -0.15) is 0 Å². The Morgan fingerprint density at radius 2 is 2.00 bits per heavy atom. The molecule has 110 valence electrons. The normalized spacial score (nSPS) is 28.4. The molecule has 1 aliphatic rings. The predicted molar refractivity (Wildman–Crippen MR) is 82.3 cm³/mol. The molecular weight excluding hydrogens is 264 g/mol. The van der Waals surface area contributed by atoms with Crippen LogP contribution in [-0.4, -0.2) is 19.4 Å². The van der Waals surface area contributed by atoms with E-state index >= 15 is 0 Å². The average Bonchev–Trinajstić information content (AvgIpc) is 2.90. The number of carbonyl (C=O) groups is 2. The lowest BCUT2D eigenvalue weighted by Crippen LogP contribution is -2.27. The van der Waals surface area contributed by atoms with Gasteiger partial charge in [0.15, 0.2) is 0 Å². The zero-order valence-corrected chi connectivity index (χ0v) is 12.1. The van der Waals surface area contributed by atoms with Crippen molar-refractivity contribution in [1.29, 1.82) is 0 Å². The van der Waals surface area contributed by atoms with Crippen LogP contribution in [0.1, 0.15) is 12.0 Å². The van der Waals surface area contributed by atoms with Crippen molar-refractivity contribution < 1.29 is 14.3 Å². The second-order valence-electron chi connectivity index (χ2n) is 5.33. The Hall–Kier alpha value is -2.16. The Bertz CT molecular complexity index is 533. The van der Waals surface area contributed by atoms with E-state index < -0.39 is 5.92 Å². The molecule has 0 amide bonds. The lowest BCUT2D eigenvalue weighted by molar-refractivity contribution is -0.148. The minimum absolute atomic E-state index is 0.00384. The number of hydrogen-bond acceptors (Lipinski definition) is 3. The van der Waals surface area contributed by atoms with Gasteiger partial charge in [-0.05, 0) is 23.8 Å². The third-order valence-corrected chi connectivity index (χ3v) is 4.18. The van der Waals surface area contributed by atoms with E-state index in [0.717, 1.165) is 18.3 Å². The first-order valence-corrected chi connectivity index (χ1v) is 7.10. The van der Waals surface area contributed by atoms with Gasteiger partial charge in [0.25, 0.3) is 0 Å². The van der Waals surface area contributed by atoms with Crippen LogP contribution < -0.4 is 0 Å². The number of ether oxygens (including phenoxy) is 1. The van der Waals surface area contributed by atoms with E-state index in [2.05, 4.69) is 6.58 Å². The van der Waals surface area contributed by atoms with Gasteiger partial charge >= 0.3 is 5.97 Å². The number of methoxy groups -OCH3 is 1. The first kappa shape index (κ1) is 15.2. The third-order valence-electron chi connectivity index (χ3n) is 4.18. The summed E-state index contributed by atoms with van der Waals surface area (Å²) in [4.78, 5) is 23.4. The maximum Gasteiger partial charge on any atom is 0.310 e. The molecule has 3 heteroatoms. The van der Waals surface area contributed by atoms with Crippen LogP contribution in [0.3, 0.4) is 0 Å². The minimum atomic E-state index is -0.421. The Balaban J connectivity index is 2.23.